The van der Waals surface area contributed by atoms with Crippen LogP contribution < -0.4 is 9.47 Å². The number of fused-ring (bicyclic) bond motifs is 1. The topological polar surface area (TPSA) is 98.9 Å². The van der Waals surface area contributed by atoms with E-state index < -0.39 is 11.8 Å². The zero-order chi connectivity index (χ0) is 19.6. The lowest BCUT2D eigenvalue weighted by molar-refractivity contribution is -0.428. The minimum absolute atomic E-state index is 0.162. The molecule has 0 radical (unpaired) electrons. The number of nitrogens with zero attached hydrogens (tertiary/aromatic N) is 1. The summed E-state index contributed by atoms with van der Waals surface area (Å²) in [6.45, 7) is 9.19. The third kappa shape index (κ3) is 3.81. The standard InChI is InChI=1S/C19H25NO6/c1-6-7-14(20(23)24)10-19(5)9-8-15-13(4)16(25-18(21)22)11(2)12(3)17(15)26-19/h10H,6-9H2,1-5H3,(H,21,22)/b14-10+. The Hall–Kier alpha value is -2.57. The maximum Gasteiger partial charge on any atom is 0.511 e. The molecule has 0 spiro atoms. The van der Waals surface area contributed by atoms with Gasteiger partial charge in [0.25, 0.3) is 0 Å². The molecule has 142 valence electrons. The fourth-order valence-corrected chi connectivity index (χ4v) is 3.42. The smallest absolute Gasteiger partial charge is 0.483 e. The van der Waals surface area contributed by atoms with E-state index in [1.54, 1.807) is 13.0 Å². The van der Waals surface area contributed by atoms with Crippen LogP contribution in [-0.4, -0.2) is 21.8 Å². The summed E-state index contributed by atoms with van der Waals surface area (Å²) in [6, 6.07) is 0. The third-order valence-electron chi connectivity index (χ3n) is 4.92. The van der Waals surface area contributed by atoms with Gasteiger partial charge in [0.15, 0.2) is 0 Å². The summed E-state index contributed by atoms with van der Waals surface area (Å²) in [5, 5.41) is 20.3. The molecule has 2 rings (SSSR count). The molecule has 7 nitrogen and oxygen atoms in total. The Balaban J connectivity index is 2.49. The third-order valence-corrected chi connectivity index (χ3v) is 4.92. The Morgan fingerprint density at radius 2 is 2.00 bits per heavy atom. The lowest BCUT2D eigenvalue weighted by Gasteiger charge is -2.36. The van der Waals surface area contributed by atoms with Crippen molar-refractivity contribution in [3.8, 4) is 11.5 Å². The molecule has 7 heteroatoms. The molecule has 0 bridgehead atoms. The van der Waals surface area contributed by atoms with Gasteiger partial charge in [-0.15, -0.1) is 0 Å². The molecule has 1 unspecified atom stereocenters. The first kappa shape index (κ1) is 19.8. The Kier molecular flexibility index (Phi) is 5.59. The molecular weight excluding hydrogens is 338 g/mol. The second kappa shape index (κ2) is 7.35. The van der Waals surface area contributed by atoms with E-state index in [9.17, 15) is 14.9 Å². The van der Waals surface area contributed by atoms with Gasteiger partial charge in [0.05, 0.1) is 4.92 Å². The lowest BCUT2D eigenvalue weighted by Crippen LogP contribution is -2.36. The molecular formula is C19H25NO6. The highest BCUT2D eigenvalue weighted by atomic mass is 16.7. The molecule has 1 aliphatic heterocycles. The molecule has 1 atom stereocenters. The van der Waals surface area contributed by atoms with Gasteiger partial charge in [-0.3, -0.25) is 10.1 Å². The number of benzene rings is 1. The predicted molar refractivity (Wildman–Crippen MR) is 96.6 cm³/mol. The maximum absolute atomic E-state index is 11.3. The normalized spacial score (nSPS) is 19.5. The Labute approximate surface area is 152 Å². The molecule has 0 aromatic heterocycles. The van der Waals surface area contributed by atoms with E-state index >= 15 is 0 Å². The van der Waals surface area contributed by atoms with Crippen molar-refractivity contribution in [2.45, 2.75) is 65.9 Å². The largest absolute Gasteiger partial charge is 0.511 e. The molecule has 0 amide bonds. The molecule has 26 heavy (non-hydrogen) atoms. The van der Waals surface area contributed by atoms with Crippen LogP contribution in [0, 0.1) is 30.9 Å². The highest BCUT2D eigenvalue weighted by molar-refractivity contribution is 5.67. The van der Waals surface area contributed by atoms with E-state index in [0.717, 1.165) is 16.7 Å². The average molecular weight is 363 g/mol. The second-order valence-electron chi connectivity index (χ2n) is 6.94. The predicted octanol–water partition coefficient (Wildman–Crippen LogP) is 4.71. The number of carbonyl (C=O) groups is 1. The summed E-state index contributed by atoms with van der Waals surface area (Å²) in [6.07, 6.45) is 2.54. The van der Waals surface area contributed by atoms with Crippen LogP contribution in [0.25, 0.3) is 0 Å². The van der Waals surface area contributed by atoms with Gasteiger partial charge in [-0.05, 0) is 63.6 Å². The van der Waals surface area contributed by atoms with Crippen molar-refractivity contribution >= 4 is 6.16 Å². The number of nitro groups is 1. The Morgan fingerprint density at radius 3 is 2.54 bits per heavy atom. The summed E-state index contributed by atoms with van der Waals surface area (Å²) >= 11 is 0. The van der Waals surface area contributed by atoms with Crippen LogP contribution in [0.5, 0.6) is 11.5 Å². The minimum atomic E-state index is -1.35. The monoisotopic (exact) mass is 363 g/mol. The Morgan fingerprint density at radius 1 is 1.35 bits per heavy atom. The molecule has 0 fully saturated rings. The first-order chi connectivity index (χ1) is 12.1. The van der Waals surface area contributed by atoms with Crippen LogP contribution in [0.15, 0.2) is 11.8 Å². The number of hydrogen-bond donors (Lipinski definition) is 1. The van der Waals surface area contributed by atoms with Gasteiger partial charge in [-0.25, -0.2) is 4.79 Å². The molecule has 1 aliphatic rings. The molecule has 0 saturated carbocycles. The van der Waals surface area contributed by atoms with Gasteiger partial charge in [0.2, 0.25) is 5.70 Å². The van der Waals surface area contributed by atoms with Crippen molar-refractivity contribution in [3.63, 3.8) is 0 Å². The van der Waals surface area contributed by atoms with Gasteiger partial charge in [-0.2, -0.15) is 0 Å². The summed E-state index contributed by atoms with van der Waals surface area (Å²) in [5.41, 5.74) is 2.51. The second-order valence-corrected chi connectivity index (χ2v) is 6.94. The van der Waals surface area contributed by atoms with Crippen molar-refractivity contribution in [3.05, 3.63) is 44.1 Å². The van der Waals surface area contributed by atoms with Gasteiger partial charge in [-0.1, -0.05) is 6.92 Å². The summed E-state index contributed by atoms with van der Waals surface area (Å²) < 4.78 is 11.2. The van der Waals surface area contributed by atoms with Crippen molar-refractivity contribution in [2.24, 2.45) is 0 Å². The van der Waals surface area contributed by atoms with Crippen LogP contribution in [0.3, 0.4) is 0 Å². The molecule has 0 aliphatic carbocycles. The first-order valence-electron chi connectivity index (χ1n) is 8.68. The number of carboxylic acid groups (broad SMARTS) is 1. The summed E-state index contributed by atoms with van der Waals surface area (Å²) in [4.78, 5) is 21.9. The van der Waals surface area contributed by atoms with Gasteiger partial charge in [0.1, 0.15) is 17.1 Å². The zero-order valence-corrected chi connectivity index (χ0v) is 15.8. The van der Waals surface area contributed by atoms with Crippen LogP contribution in [0.2, 0.25) is 0 Å². The summed E-state index contributed by atoms with van der Waals surface area (Å²) in [5.74, 6) is 1.01. The van der Waals surface area contributed by atoms with Crippen molar-refractivity contribution < 1.29 is 24.3 Å². The van der Waals surface area contributed by atoms with E-state index in [2.05, 4.69) is 0 Å². The molecule has 0 saturated heterocycles. The van der Waals surface area contributed by atoms with E-state index in [1.807, 2.05) is 27.7 Å². The Bertz CT molecular complexity index is 783. The molecule has 1 aromatic carbocycles. The van der Waals surface area contributed by atoms with E-state index in [1.165, 1.54) is 0 Å². The number of hydrogen-bond acceptors (Lipinski definition) is 5. The molecule has 1 heterocycles. The van der Waals surface area contributed by atoms with Crippen LogP contribution in [0.4, 0.5) is 4.79 Å². The number of ether oxygens (including phenoxy) is 2. The average Bonchev–Trinajstić information content (AvgIpc) is 2.56. The minimum Gasteiger partial charge on any atom is -0.483 e. The zero-order valence-electron chi connectivity index (χ0n) is 15.8. The van der Waals surface area contributed by atoms with Crippen LogP contribution >= 0.6 is 0 Å². The van der Waals surface area contributed by atoms with Crippen molar-refractivity contribution in [1.82, 2.24) is 0 Å². The van der Waals surface area contributed by atoms with Gasteiger partial charge >= 0.3 is 6.16 Å². The lowest BCUT2D eigenvalue weighted by atomic mass is 9.86. The van der Waals surface area contributed by atoms with E-state index in [0.29, 0.717) is 42.7 Å². The molecule has 1 N–H and O–H groups in total. The number of rotatable bonds is 5. The quantitative estimate of drug-likeness (QED) is 0.352. The fourth-order valence-electron chi connectivity index (χ4n) is 3.42. The van der Waals surface area contributed by atoms with Crippen LogP contribution in [-0.2, 0) is 6.42 Å². The van der Waals surface area contributed by atoms with Gasteiger partial charge < -0.3 is 14.6 Å². The maximum atomic E-state index is 11.3. The van der Waals surface area contributed by atoms with Crippen molar-refractivity contribution in [2.75, 3.05) is 0 Å². The first-order valence-corrected chi connectivity index (χ1v) is 8.68. The summed E-state index contributed by atoms with van der Waals surface area (Å²) in [7, 11) is 0. The van der Waals surface area contributed by atoms with E-state index in [4.69, 9.17) is 14.6 Å². The molecule has 1 aromatic rings. The van der Waals surface area contributed by atoms with Gasteiger partial charge in [0, 0.05) is 18.1 Å². The fraction of sp³-hybridized carbons (Fsp3) is 0.526. The van der Waals surface area contributed by atoms with E-state index in [-0.39, 0.29) is 10.6 Å². The SMILES string of the molecule is CCC/C(=C\C1(C)CCc2c(C)c(OC(=O)O)c(C)c(C)c2O1)[N+](=O)[O-]. The highest BCUT2D eigenvalue weighted by Gasteiger charge is 2.35. The highest BCUT2D eigenvalue weighted by Crippen LogP contribution is 2.44. The van der Waals surface area contributed by atoms with Crippen LogP contribution in [0.1, 0.15) is 55.4 Å². The van der Waals surface area contributed by atoms with Crippen molar-refractivity contribution in [1.29, 1.82) is 0 Å². The number of allylic oxidation sites excluding steroid dienone is 1.